The van der Waals surface area contributed by atoms with Crippen LogP contribution in [0.3, 0.4) is 0 Å². The summed E-state index contributed by atoms with van der Waals surface area (Å²) in [7, 11) is 0. The molecular weight excluding hydrogens is 192 g/mol. The van der Waals surface area contributed by atoms with Gasteiger partial charge in [0.25, 0.3) is 0 Å². The average molecular weight is 208 g/mol. The van der Waals surface area contributed by atoms with Crippen molar-refractivity contribution < 1.29 is 9.90 Å². The zero-order valence-electron chi connectivity index (χ0n) is 9.24. The molecule has 0 aliphatic carbocycles. The summed E-state index contributed by atoms with van der Waals surface area (Å²) in [5.41, 5.74) is 1.15. The van der Waals surface area contributed by atoms with Crippen LogP contribution >= 0.6 is 0 Å². The lowest BCUT2D eigenvalue weighted by Gasteiger charge is -2.20. The van der Waals surface area contributed by atoms with Crippen LogP contribution in [0.5, 0.6) is 0 Å². The Kier molecular flexibility index (Phi) is 3.42. The number of aromatic nitrogens is 1. The highest BCUT2D eigenvalue weighted by Gasteiger charge is 2.25. The smallest absolute Gasteiger partial charge is 0.323 e. The minimum Gasteiger partial charge on any atom is -0.480 e. The molecular formula is C11H16N2O2. The lowest BCUT2D eigenvalue weighted by atomic mass is 10.1. The average Bonchev–Trinajstić information content (AvgIpc) is 2.15. The molecule has 2 N–H and O–H groups in total. The highest BCUT2D eigenvalue weighted by molar-refractivity contribution is 5.77. The molecule has 0 unspecified atom stereocenters. The maximum absolute atomic E-state index is 10.8. The van der Waals surface area contributed by atoms with Crippen molar-refractivity contribution in [3.8, 4) is 0 Å². The Morgan fingerprint density at radius 2 is 2.20 bits per heavy atom. The SMILES string of the molecule is Cc1cncc(CNC(C)(C)C(=O)O)c1. The first kappa shape index (κ1) is 11.7. The highest BCUT2D eigenvalue weighted by atomic mass is 16.4. The molecule has 15 heavy (non-hydrogen) atoms. The lowest BCUT2D eigenvalue weighted by molar-refractivity contribution is -0.143. The first-order valence-corrected chi connectivity index (χ1v) is 4.81. The Morgan fingerprint density at radius 3 is 2.73 bits per heavy atom. The standard InChI is InChI=1S/C11H16N2O2/c1-8-4-9(6-12-5-8)7-13-11(2,3)10(14)15/h4-6,13H,7H2,1-3H3,(H,14,15). The van der Waals surface area contributed by atoms with E-state index in [1.54, 1.807) is 26.2 Å². The molecule has 0 aliphatic rings. The summed E-state index contributed by atoms with van der Waals surface area (Å²) in [6, 6.07) is 1.98. The van der Waals surface area contributed by atoms with E-state index in [0.29, 0.717) is 6.54 Å². The molecule has 0 spiro atoms. The third-order valence-corrected chi connectivity index (χ3v) is 2.20. The van der Waals surface area contributed by atoms with Gasteiger partial charge >= 0.3 is 5.97 Å². The number of hydrogen-bond acceptors (Lipinski definition) is 3. The fraction of sp³-hybridized carbons (Fsp3) is 0.455. The quantitative estimate of drug-likeness (QED) is 0.784. The maximum atomic E-state index is 10.8. The highest BCUT2D eigenvalue weighted by Crippen LogP contribution is 2.06. The Labute approximate surface area is 89.3 Å². The summed E-state index contributed by atoms with van der Waals surface area (Å²) >= 11 is 0. The Balaban J connectivity index is 2.61. The molecule has 0 aromatic carbocycles. The molecule has 1 rings (SSSR count). The summed E-state index contributed by atoms with van der Waals surface area (Å²) in [6.07, 6.45) is 3.50. The van der Waals surface area contributed by atoms with Crippen molar-refractivity contribution in [2.45, 2.75) is 32.9 Å². The second kappa shape index (κ2) is 4.40. The number of nitrogens with zero attached hydrogens (tertiary/aromatic N) is 1. The molecule has 0 atom stereocenters. The van der Waals surface area contributed by atoms with Gasteiger partial charge in [-0.3, -0.25) is 15.1 Å². The molecule has 4 nitrogen and oxygen atoms in total. The molecule has 1 aromatic heterocycles. The van der Waals surface area contributed by atoms with Crippen LogP contribution in [0.1, 0.15) is 25.0 Å². The van der Waals surface area contributed by atoms with Crippen LogP contribution in [0.25, 0.3) is 0 Å². The summed E-state index contributed by atoms with van der Waals surface area (Å²) < 4.78 is 0. The minimum atomic E-state index is -0.913. The van der Waals surface area contributed by atoms with Crippen molar-refractivity contribution in [3.63, 3.8) is 0 Å². The van der Waals surface area contributed by atoms with E-state index < -0.39 is 11.5 Å². The van der Waals surface area contributed by atoms with Crippen LogP contribution in [0.4, 0.5) is 0 Å². The summed E-state index contributed by atoms with van der Waals surface area (Å²) in [4.78, 5) is 14.9. The van der Waals surface area contributed by atoms with Gasteiger partial charge in [0, 0.05) is 18.9 Å². The Bertz CT molecular complexity index is 361. The fourth-order valence-corrected chi connectivity index (χ4v) is 1.11. The molecule has 0 saturated heterocycles. The van der Waals surface area contributed by atoms with Crippen molar-refractivity contribution in [3.05, 3.63) is 29.6 Å². The number of aryl methyl sites for hydroxylation is 1. The van der Waals surface area contributed by atoms with Gasteiger partial charge in [-0.05, 0) is 31.9 Å². The second-order valence-corrected chi connectivity index (χ2v) is 4.15. The minimum absolute atomic E-state index is 0.508. The van der Waals surface area contributed by atoms with Gasteiger partial charge in [0.05, 0.1) is 0 Å². The second-order valence-electron chi connectivity index (χ2n) is 4.15. The van der Waals surface area contributed by atoms with E-state index >= 15 is 0 Å². The first-order chi connectivity index (χ1) is 6.92. The van der Waals surface area contributed by atoms with Crippen molar-refractivity contribution in [1.29, 1.82) is 0 Å². The number of carbonyl (C=O) groups is 1. The van der Waals surface area contributed by atoms with Gasteiger partial charge in [0.2, 0.25) is 0 Å². The van der Waals surface area contributed by atoms with Gasteiger partial charge in [0.15, 0.2) is 0 Å². The molecule has 82 valence electrons. The predicted molar refractivity (Wildman–Crippen MR) is 57.5 cm³/mol. The monoisotopic (exact) mass is 208 g/mol. The van der Waals surface area contributed by atoms with E-state index in [1.807, 2.05) is 13.0 Å². The van der Waals surface area contributed by atoms with E-state index in [0.717, 1.165) is 11.1 Å². The van der Waals surface area contributed by atoms with Crippen LogP contribution < -0.4 is 5.32 Å². The molecule has 0 fully saturated rings. The molecule has 0 bridgehead atoms. The molecule has 0 saturated carbocycles. The zero-order valence-corrected chi connectivity index (χ0v) is 9.24. The van der Waals surface area contributed by atoms with Crippen LogP contribution in [0.2, 0.25) is 0 Å². The van der Waals surface area contributed by atoms with Gasteiger partial charge in [-0.15, -0.1) is 0 Å². The Hall–Kier alpha value is -1.42. The first-order valence-electron chi connectivity index (χ1n) is 4.81. The molecule has 1 aromatic rings. The van der Waals surface area contributed by atoms with Gasteiger partial charge in [-0.1, -0.05) is 6.07 Å². The van der Waals surface area contributed by atoms with Gasteiger partial charge in [0.1, 0.15) is 5.54 Å². The van der Waals surface area contributed by atoms with E-state index in [2.05, 4.69) is 10.3 Å². The fourth-order valence-electron chi connectivity index (χ4n) is 1.11. The van der Waals surface area contributed by atoms with Crippen molar-refractivity contribution in [2.75, 3.05) is 0 Å². The van der Waals surface area contributed by atoms with Crippen LogP contribution in [0, 0.1) is 6.92 Å². The van der Waals surface area contributed by atoms with Gasteiger partial charge < -0.3 is 5.11 Å². The topological polar surface area (TPSA) is 62.2 Å². The molecule has 1 heterocycles. The Morgan fingerprint density at radius 1 is 1.53 bits per heavy atom. The van der Waals surface area contributed by atoms with Crippen molar-refractivity contribution in [1.82, 2.24) is 10.3 Å². The number of hydrogen-bond donors (Lipinski definition) is 2. The number of nitrogens with one attached hydrogen (secondary N) is 1. The van der Waals surface area contributed by atoms with E-state index in [1.165, 1.54) is 0 Å². The number of carboxylic acids is 1. The predicted octanol–water partition coefficient (Wildman–Crippen LogP) is 1.34. The van der Waals surface area contributed by atoms with Crippen LogP contribution in [0.15, 0.2) is 18.5 Å². The number of rotatable bonds is 4. The van der Waals surface area contributed by atoms with Crippen LogP contribution in [-0.4, -0.2) is 21.6 Å². The van der Waals surface area contributed by atoms with Gasteiger partial charge in [-0.2, -0.15) is 0 Å². The summed E-state index contributed by atoms with van der Waals surface area (Å²) in [5, 5.41) is 11.9. The number of pyridine rings is 1. The third kappa shape index (κ3) is 3.32. The van der Waals surface area contributed by atoms with Crippen molar-refractivity contribution >= 4 is 5.97 Å². The zero-order chi connectivity index (χ0) is 11.5. The largest absolute Gasteiger partial charge is 0.480 e. The van der Waals surface area contributed by atoms with E-state index in [4.69, 9.17) is 5.11 Å². The van der Waals surface area contributed by atoms with Crippen molar-refractivity contribution in [2.24, 2.45) is 0 Å². The summed E-state index contributed by atoms with van der Waals surface area (Å²) in [6.45, 7) is 5.74. The number of carboxylic acid groups (broad SMARTS) is 1. The lowest BCUT2D eigenvalue weighted by Crippen LogP contribution is -2.46. The number of aliphatic carboxylic acids is 1. The van der Waals surface area contributed by atoms with Crippen LogP contribution in [-0.2, 0) is 11.3 Å². The maximum Gasteiger partial charge on any atom is 0.323 e. The van der Waals surface area contributed by atoms with E-state index in [-0.39, 0.29) is 0 Å². The normalized spacial score (nSPS) is 11.4. The molecule has 0 radical (unpaired) electrons. The molecule has 4 heteroatoms. The van der Waals surface area contributed by atoms with E-state index in [9.17, 15) is 4.79 Å². The molecule has 0 aliphatic heterocycles. The third-order valence-electron chi connectivity index (χ3n) is 2.20. The van der Waals surface area contributed by atoms with Gasteiger partial charge in [-0.25, -0.2) is 0 Å². The summed E-state index contributed by atoms with van der Waals surface area (Å²) in [5.74, 6) is -0.858. The molecule has 0 amide bonds.